The Hall–Kier alpha value is -0.580. The van der Waals surface area contributed by atoms with E-state index in [1.165, 1.54) is 5.69 Å². The van der Waals surface area contributed by atoms with E-state index >= 15 is 0 Å². The topological polar surface area (TPSA) is 39.1 Å². The minimum Gasteiger partial charge on any atom is -0.382 e. The van der Waals surface area contributed by atoms with Crippen molar-refractivity contribution < 1.29 is 4.74 Å². The number of hydrogen-bond donors (Lipinski definition) is 1. The minimum atomic E-state index is 0. The van der Waals surface area contributed by atoms with Gasteiger partial charge in [0.1, 0.15) is 0 Å². The summed E-state index contributed by atoms with van der Waals surface area (Å²) in [7, 11) is 0. The van der Waals surface area contributed by atoms with E-state index in [1.807, 2.05) is 13.8 Å². The summed E-state index contributed by atoms with van der Waals surface area (Å²) in [6, 6.07) is 2.16. The lowest BCUT2D eigenvalue weighted by molar-refractivity contribution is 0.144. The highest BCUT2D eigenvalue weighted by Crippen LogP contribution is 2.04. The van der Waals surface area contributed by atoms with E-state index in [9.17, 15) is 0 Å². The molecule has 0 fully saturated rings. The fraction of sp³-hybridized carbons (Fsp3) is 0.769. The van der Waals surface area contributed by atoms with E-state index in [0.29, 0.717) is 0 Å². The molecule has 1 N–H and O–H groups in total. The van der Waals surface area contributed by atoms with Crippen LogP contribution in [0.5, 0.6) is 0 Å². The molecule has 0 saturated heterocycles. The number of nitrogens with one attached hydrogen (secondary N) is 1. The van der Waals surface area contributed by atoms with Gasteiger partial charge in [0.05, 0.1) is 11.4 Å². The Morgan fingerprint density at radius 1 is 1.39 bits per heavy atom. The van der Waals surface area contributed by atoms with Crippen LogP contribution in [0.2, 0.25) is 0 Å². The third-order valence-corrected chi connectivity index (χ3v) is 2.57. The van der Waals surface area contributed by atoms with Gasteiger partial charge in [-0.15, -0.1) is 12.4 Å². The zero-order valence-corrected chi connectivity index (χ0v) is 12.6. The second-order valence-electron chi connectivity index (χ2n) is 4.23. The summed E-state index contributed by atoms with van der Waals surface area (Å²) in [5, 5.41) is 7.91. The first-order valence-corrected chi connectivity index (χ1v) is 6.59. The molecule has 0 unspecified atom stereocenters. The molecule has 1 heterocycles. The molecule has 0 spiro atoms. The first kappa shape index (κ1) is 17.4. The van der Waals surface area contributed by atoms with E-state index in [2.05, 4.69) is 28.1 Å². The maximum atomic E-state index is 5.29. The van der Waals surface area contributed by atoms with Crippen LogP contribution in [0.15, 0.2) is 6.07 Å². The second-order valence-corrected chi connectivity index (χ2v) is 4.23. The molecule has 4 nitrogen and oxygen atoms in total. The van der Waals surface area contributed by atoms with Gasteiger partial charge in [-0.3, -0.25) is 4.68 Å². The smallest absolute Gasteiger partial charge is 0.0597 e. The maximum Gasteiger partial charge on any atom is 0.0597 e. The number of ether oxygens (including phenoxy) is 1. The first-order chi connectivity index (χ1) is 8.27. The number of halogens is 1. The molecular formula is C13H26ClN3O. The quantitative estimate of drug-likeness (QED) is 0.704. The standard InChI is InChI=1S/C13H25N3O.ClH/c1-4-8-16-13(10-12(3)15-16)11-14-7-6-9-17-5-2;/h10,14H,4-9,11H2,1-3H3;1H. The van der Waals surface area contributed by atoms with Gasteiger partial charge >= 0.3 is 0 Å². The number of hydrogen-bond acceptors (Lipinski definition) is 3. The monoisotopic (exact) mass is 275 g/mol. The molecule has 0 aliphatic rings. The Labute approximate surface area is 117 Å². The molecule has 1 rings (SSSR count). The maximum absolute atomic E-state index is 5.29. The first-order valence-electron chi connectivity index (χ1n) is 6.59. The summed E-state index contributed by atoms with van der Waals surface area (Å²) < 4.78 is 7.40. The van der Waals surface area contributed by atoms with Crippen LogP contribution in [0.1, 0.15) is 38.1 Å². The van der Waals surface area contributed by atoms with Gasteiger partial charge in [-0.1, -0.05) is 6.92 Å². The SMILES string of the molecule is CCCn1nc(C)cc1CNCCCOCC.Cl. The lowest BCUT2D eigenvalue weighted by Crippen LogP contribution is -2.19. The Bertz CT molecular complexity index is 315. The molecule has 0 aromatic carbocycles. The molecule has 5 heteroatoms. The second kappa shape index (κ2) is 10.4. The molecule has 18 heavy (non-hydrogen) atoms. The van der Waals surface area contributed by atoms with Crippen molar-refractivity contribution in [3.8, 4) is 0 Å². The molecule has 1 aromatic rings. The van der Waals surface area contributed by atoms with Crippen LogP contribution in [0.25, 0.3) is 0 Å². The predicted molar refractivity (Wildman–Crippen MR) is 77.3 cm³/mol. The molecule has 0 atom stereocenters. The Morgan fingerprint density at radius 2 is 2.17 bits per heavy atom. The number of rotatable bonds is 9. The van der Waals surface area contributed by atoms with Crippen LogP contribution in [0.4, 0.5) is 0 Å². The van der Waals surface area contributed by atoms with E-state index in [-0.39, 0.29) is 12.4 Å². The molecule has 1 aromatic heterocycles. The zero-order valence-electron chi connectivity index (χ0n) is 11.7. The molecule has 0 saturated carbocycles. The fourth-order valence-corrected chi connectivity index (χ4v) is 1.81. The van der Waals surface area contributed by atoms with Crippen molar-refractivity contribution >= 4 is 12.4 Å². The van der Waals surface area contributed by atoms with E-state index in [0.717, 1.165) is 51.4 Å². The van der Waals surface area contributed by atoms with Gasteiger partial charge in [0.2, 0.25) is 0 Å². The summed E-state index contributed by atoms with van der Waals surface area (Å²) in [5.41, 5.74) is 2.38. The average molecular weight is 276 g/mol. The molecular weight excluding hydrogens is 250 g/mol. The average Bonchev–Trinajstić information content (AvgIpc) is 2.65. The van der Waals surface area contributed by atoms with Gasteiger partial charge in [0.15, 0.2) is 0 Å². The van der Waals surface area contributed by atoms with Crippen LogP contribution in [0.3, 0.4) is 0 Å². The van der Waals surface area contributed by atoms with Crippen molar-refractivity contribution in [2.24, 2.45) is 0 Å². The van der Waals surface area contributed by atoms with Crippen molar-refractivity contribution in [1.29, 1.82) is 0 Å². The Balaban J connectivity index is 0.00000289. The van der Waals surface area contributed by atoms with Crippen molar-refractivity contribution in [3.05, 3.63) is 17.5 Å². The summed E-state index contributed by atoms with van der Waals surface area (Å²) in [5.74, 6) is 0. The highest BCUT2D eigenvalue weighted by molar-refractivity contribution is 5.85. The summed E-state index contributed by atoms with van der Waals surface area (Å²) in [6.07, 6.45) is 2.19. The largest absolute Gasteiger partial charge is 0.382 e. The molecule has 0 amide bonds. The van der Waals surface area contributed by atoms with Crippen molar-refractivity contribution in [3.63, 3.8) is 0 Å². The fourth-order valence-electron chi connectivity index (χ4n) is 1.81. The van der Waals surface area contributed by atoms with Gasteiger partial charge in [0, 0.05) is 26.3 Å². The summed E-state index contributed by atoms with van der Waals surface area (Å²) >= 11 is 0. The van der Waals surface area contributed by atoms with Crippen molar-refractivity contribution in [1.82, 2.24) is 15.1 Å². The molecule has 0 aliphatic carbocycles. The van der Waals surface area contributed by atoms with Crippen LogP contribution in [0, 0.1) is 6.92 Å². The third kappa shape index (κ3) is 6.38. The van der Waals surface area contributed by atoms with Crippen molar-refractivity contribution in [2.75, 3.05) is 19.8 Å². The van der Waals surface area contributed by atoms with Crippen molar-refractivity contribution in [2.45, 2.75) is 46.7 Å². The molecule has 106 valence electrons. The van der Waals surface area contributed by atoms with Gasteiger partial charge in [-0.2, -0.15) is 5.10 Å². The Kier molecular flexibility index (Phi) is 10.0. The number of aryl methyl sites for hydroxylation is 2. The van der Waals surface area contributed by atoms with E-state index < -0.39 is 0 Å². The highest BCUT2D eigenvalue weighted by Gasteiger charge is 2.03. The third-order valence-electron chi connectivity index (χ3n) is 2.57. The van der Waals surface area contributed by atoms with E-state index in [1.54, 1.807) is 0 Å². The van der Waals surface area contributed by atoms with Crippen LogP contribution in [-0.4, -0.2) is 29.5 Å². The molecule has 0 radical (unpaired) electrons. The van der Waals surface area contributed by atoms with Crippen LogP contribution < -0.4 is 5.32 Å². The predicted octanol–water partition coefficient (Wildman–Crippen LogP) is 2.54. The van der Waals surface area contributed by atoms with E-state index in [4.69, 9.17) is 4.74 Å². The number of nitrogens with zero attached hydrogens (tertiary/aromatic N) is 2. The summed E-state index contributed by atoms with van der Waals surface area (Å²) in [6.45, 7) is 10.8. The van der Waals surface area contributed by atoms with Gasteiger partial charge < -0.3 is 10.1 Å². The number of aromatic nitrogens is 2. The molecule has 0 bridgehead atoms. The van der Waals surface area contributed by atoms with Gasteiger partial charge in [0.25, 0.3) is 0 Å². The van der Waals surface area contributed by atoms with Crippen LogP contribution >= 0.6 is 12.4 Å². The lowest BCUT2D eigenvalue weighted by atomic mass is 10.3. The molecule has 0 aliphatic heterocycles. The lowest BCUT2D eigenvalue weighted by Gasteiger charge is -2.07. The Morgan fingerprint density at radius 3 is 2.83 bits per heavy atom. The van der Waals surface area contributed by atoms with Crippen LogP contribution in [-0.2, 0) is 17.8 Å². The van der Waals surface area contributed by atoms with Gasteiger partial charge in [-0.25, -0.2) is 0 Å². The zero-order chi connectivity index (χ0) is 12.5. The highest BCUT2D eigenvalue weighted by atomic mass is 35.5. The normalized spacial score (nSPS) is 10.4. The minimum absolute atomic E-state index is 0. The van der Waals surface area contributed by atoms with Gasteiger partial charge in [-0.05, 0) is 39.3 Å². The summed E-state index contributed by atoms with van der Waals surface area (Å²) in [4.78, 5) is 0.